The molecule has 2 aromatic heterocycles. The molecule has 3 aromatic rings. The van der Waals surface area contributed by atoms with E-state index in [1.165, 1.54) is 11.1 Å². The normalized spacial score (nSPS) is 14.0. The number of imidazole rings is 1. The number of urea groups is 1. The largest absolute Gasteiger partial charge is 0.336 e. The van der Waals surface area contributed by atoms with E-state index in [4.69, 9.17) is 0 Å². The van der Waals surface area contributed by atoms with E-state index in [1.807, 2.05) is 50.8 Å². The first-order chi connectivity index (χ1) is 14.7. The minimum Gasteiger partial charge on any atom is -0.336 e. The third kappa shape index (κ3) is 4.53. The van der Waals surface area contributed by atoms with Crippen LogP contribution in [0, 0.1) is 6.92 Å². The number of nitrogens with one attached hydrogen (secondary N) is 2. The van der Waals surface area contributed by atoms with E-state index in [0.717, 1.165) is 34.5 Å². The van der Waals surface area contributed by atoms with Crippen LogP contribution in [0.5, 0.6) is 0 Å². The summed E-state index contributed by atoms with van der Waals surface area (Å²) < 4.78 is 1.95. The van der Waals surface area contributed by atoms with Crippen molar-refractivity contribution >= 4 is 17.7 Å². The van der Waals surface area contributed by atoms with Crippen LogP contribution < -0.4 is 10.6 Å². The van der Waals surface area contributed by atoms with Gasteiger partial charge in [0, 0.05) is 25.2 Å². The molecular weight excluding hydrogens is 386 g/mol. The lowest BCUT2D eigenvalue weighted by molar-refractivity contribution is 0.230. The van der Waals surface area contributed by atoms with Crippen LogP contribution in [0.15, 0.2) is 49.1 Å². The average molecular weight is 416 g/mol. The molecule has 4 rings (SSSR count). The molecule has 0 fully saturated rings. The third-order valence-corrected chi connectivity index (χ3v) is 5.40. The smallest absolute Gasteiger partial charge is 0.315 e. The highest BCUT2D eigenvalue weighted by Crippen LogP contribution is 2.37. The summed E-state index contributed by atoms with van der Waals surface area (Å²) in [5, 5.41) is 6.23. The van der Waals surface area contributed by atoms with Crippen LogP contribution in [0.3, 0.4) is 0 Å². The second-order valence-electron chi connectivity index (χ2n) is 9.19. The maximum absolute atomic E-state index is 12.9. The molecule has 0 aliphatic heterocycles. The number of amides is 2. The van der Waals surface area contributed by atoms with Gasteiger partial charge in [-0.05, 0) is 62.1 Å². The van der Waals surface area contributed by atoms with E-state index in [0.29, 0.717) is 0 Å². The molecule has 2 N–H and O–H groups in total. The van der Waals surface area contributed by atoms with Crippen molar-refractivity contribution in [3.8, 4) is 0 Å². The summed E-state index contributed by atoms with van der Waals surface area (Å²) >= 11 is 0. The Morgan fingerprint density at radius 3 is 2.74 bits per heavy atom. The van der Waals surface area contributed by atoms with Gasteiger partial charge >= 0.3 is 6.03 Å². The lowest BCUT2D eigenvalue weighted by Crippen LogP contribution is -2.47. The minimum atomic E-state index is -0.374. The summed E-state index contributed by atoms with van der Waals surface area (Å²) in [6.45, 7) is 8.00. The summed E-state index contributed by atoms with van der Waals surface area (Å²) in [5.41, 5.74) is 7.19. The van der Waals surface area contributed by atoms with Gasteiger partial charge in [0.1, 0.15) is 0 Å². The number of benzene rings is 1. The maximum atomic E-state index is 12.9. The fraction of sp³-hybridized carbons (Fsp3) is 0.320. The van der Waals surface area contributed by atoms with Crippen LogP contribution in [-0.2, 0) is 13.5 Å². The van der Waals surface area contributed by atoms with Gasteiger partial charge in [-0.15, -0.1) is 0 Å². The summed E-state index contributed by atoms with van der Waals surface area (Å²) in [6.07, 6.45) is 8.31. The van der Waals surface area contributed by atoms with Gasteiger partial charge in [-0.25, -0.2) is 9.78 Å². The van der Waals surface area contributed by atoms with Gasteiger partial charge in [0.05, 0.1) is 30.0 Å². The van der Waals surface area contributed by atoms with Gasteiger partial charge in [-0.1, -0.05) is 29.8 Å². The van der Waals surface area contributed by atoms with Gasteiger partial charge in [0.2, 0.25) is 0 Å². The number of carbonyl (C=O) groups excluding carboxylic acids is 1. The molecule has 0 saturated carbocycles. The highest BCUT2D eigenvalue weighted by Gasteiger charge is 2.28. The molecule has 6 heteroatoms. The molecule has 160 valence electrons. The molecule has 6 nitrogen and oxygen atoms in total. The van der Waals surface area contributed by atoms with Crippen LogP contribution in [0.25, 0.3) is 11.6 Å². The second kappa shape index (κ2) is 8.02. The predicted molar refractivity (Wildman–Crippen MR) is 123 cm³/mol. The molecule has 1 aliphatic rings. The van der Waals surface area contributed by atoms with Crippen LogP contribution >= 0.6 is 0 Å². The van der Waals surface area contributed by atoms with Crippen molar-refractivity contribution in [2.75, 3.05) is 0 Å². The van der Waals surface area contributed by atoms with Crippen LogP contribution in [-0.4, -0.2) is 26.1 Å². The van der Waals surface area contributed by atoms with Crippen molar-refractivity contribution in [2.24, 2.45) is 7.05 Å². The lowest BCUT2D eigenvalue weighted by atomic mass is 9.91. The standard InChI is InChI=1S/C25H29N5O/c1-16-8-9-17-13-21-18(7-6-10-27-21)12-20(19(17)11-16)23(22-14-26-15-30(22)5)28-24(31)29-25(2,3)4/h6-12,14-15,23H,13H2,1-5H3,(H2,28,29,31). The number of hydrogen-bond donors (Lipinski definition) is 2. The van der Waals surface area contributed by atoms with Crippen molar-refractivity contribution in [1.82, 2.24) is 25.2 Å². The first-order valence-corrected chi connectivity index (χ1v) is 10.5. The fourth-order valence-electron chi connectivity index (χ4n) is 3.97. The van der Waals surface area contributed by atoms with Gasteiger partial charge in [-0.2, -0.15) is 0 Å². The Kier molecular flexibility index (Phi) is 5.39. The molecule has 31 heavy (non-hydrogen) atoms. The number of aryl methyl sites for hydroxylation is 2. The second-order valence-corrected chi connectivity index (χ2v) is 9.19. The number of fused-ring (bicyclic) bond motifs is 2. The van der Waals surface area contributed by atoms with Crippen LogP contribution in [0.2, 0.25) is 0 Å². The molecule has 0 spiro atoms. The topological polar surface area (TPSA) is 71.8 Å². The number of rotatable bonds is 3. The van der Waals surface area contributed by atoms with Gasteiger partial charge in [0.15, 0.2) is 0 Å². The summed E-state index contributed by atoms with van der Waals surface area (Å²) in [4.78, 5) is 21.9. The molecule has 1 aliphatic carbocycles. The van der Waals surface area contributed by atoms with Crippen LogP contribution in [0.1, 0.15) is 60.5 Å². The molecule has 2 amide bonds. The van der Waals surface area contributed by atoms with E-state index >= 15 is 0 Å². The third-order valence-electron chi connectivity index (χ3n) is 5.40. The van der Waals surface area contributed by atoms with E-state index in [9.17, 15) is 4.79 Å². The van der Waals surface area contributed by atoms with Gasteiger partial charge in [-0.3, -0.25) is 4.98 Å². The zero-order chi connectivity index (χ0) is 22.2. The van der Waals surface area contributed by atoms with Crippen molar-refractivity contribution in [3.63, 3.8) is 0 Å². The molecule has 0 saturated heterocycles. The van der Waals surface area contributed by atoms with Crippen LogP contribution in [0.4, 0.5) is 4.79 Å². The van der Waals surface area contributed by atoms with Crippen molar-refractivity contribution < 1.29 is 4.79 Å². The number of carbonyl (C=O) groups is 1. The Bertz CT molecular complexity index is 1150. The SMILES string of the molecule is Cc1ccc2c(c1)C(C(NC(=O)NC(C)(C)C)c1cncn1C)=Cc1cccnc1C2. The molecular formula is C25H29N5O. The molecule has 0 bridgehead atoms. The maximum Gasteiger partial charge on any atom is 0.315 e. The van der Waals surface area contributed by atoms with Gasteiger partial charge in [0.25, 0.3) is 0 Å². The Hall–Kier alpha value is -3.41. The number of hydrogen-bond acceptors (Lipinski definition) is 3. The molecule has 1 aromatic carbocycles. The highest BCUT2D eigenvalue weighted by atomic mass is 16.2. The van der Waals surface area contributed by atoms with Crippen molar-refractivity contribution in [2.45, 2.75) is 45.7 Å². The first-order valence-electron chi connectivity index (χ1n) is 10.5. The van der Waals surface area contributed by atoms with Crippen molar-refractivity contribution in [3.05, 3.63) is 82.7 Å². The van der Waals surface area contributed by atoms with E-state index in [-0.39, 0.29) is 17.6 Å². The zero-order valence-electron chi connectivity index (χ0n) is 18.7. The fourth-order valence-corrected chi connectivity index (χ4v) is 3.97. The predicted octanol–water partition coefficient (Wildman–Crippen LogP) is 4.41. The Balaban J connectivity index is 1.88. The quantitative estimate of drug-likeness (QED) is 0.666. The number of nitrogens with zero attached hydrogens (tertiary/aromatic N) is 3. The molecule has 1 atom stereocenters. The first kappa shape index (κ1) is 20.8. The molecule has 2 heterocycles. The summed E-state index contributed by atoms with van der Waals surface area (Å²) in [7, 11) is 1.95. The molecule has 1 unspecified atom stereocenters. The number of aromatic nitrogens is 3. The van der Waals surface area contributed by atoms with Gasteiger partial charge < -0.3 is 15.2 Å². The van der Waals surface area contributed by atoms with Crippen molar-refractivity contribution in [1.29, 1.82) is 0 Å². The monoisotopic (exact) mass is 415 g/mol. The Morgan fingerprint density at radius 2 is 2.03 bits per heavy atom. The highest BCUT2D eigenvalue weighted by molar-refractivity contribution is 5.90. The average Bonchev–Trinajstić information content (AvgIpc) is 3.04. The summed E-state index contributed by atoms with van der Waals surface area (Å²) in [5.74, 6) is 0. The minimum absolute atomic E-state index is 0.218. The molecule has 0 radical (unpaired) electrons. The number of pyridine rings is 1. The Morgan fingerprint density at radius 1 is 1.23 bits per heavy atom. The van der Waals surface area contributed by atoms with E-state index in [1.54, 1.807) is 6.33 Å². The van der Waals surface area contributed by atoms with E-state index < -0.39 is 0 Å². The zero-order valence-corrected chi connectivity index (χ0v) is 18.7. The summed E-state index contributed by atoms with van der Waals surface area (Å²) in [6, 6.07) is 9.93. The lowest BCUT2D eigenvalue weighted by Gasteiger charge is -2.27. The van der Waals surface area contributed by atoms with E-state index in [2.05, 4.69) is 57.9 Å². The Labute approximate surface area is 183 Å².